The van der Waals surface area contributed by atoms with Gasteiger partial charge in [-0.3, -0.25) is 0 Å². The number of fused-ring (bicyclic) bond motifs is 1. The molecule has 3 aromatic rings. The van der Waals surface area contributed by atoms with E-state index in [2.05, 4.69) is 44.1 Å². The zero-order valence-corrected chi connectivity index (χ0v) is 18.9. The van der Waals surface area contributed by atoms with Gasteiger partial charge in [0.2, 0.25) is 0 Å². The summed E-state index contributed by atoms with van der Waals surface area (Å²) in [7, 11) is 3.74. The summed E-state index contributed by atoms with van der Waals surface area (Å²) < 4.78 is 5.23. The van der Waals surface area contributed by atoms with Crippen molar-refractivity contribution >= 4 is 16.9 Å². The first kappa shape index (κ1) is 24.8. The molecular weight excluding hydrogens is 383 g/mol. The summed E-state index contributed by atoms with van der Waals surface area (Å²) in [5.41, 5.74) is 4.79. The summed E-state index contributed by atoms with van der Waals surface area (Å²) >= 11 is 0. The number of carboxylic acid groups (broad SMARTS) is 1. The molecule has 2 aromatic carbocycles. The number of aryl methyl sites for hydroxylation is 1. The van der Waals surface area contributed by atoms with Crippen LogP contribution in [-0.4, -0.2) is 47.2 Å². The van der Waals surface area contributed by atoms with Gasteiger partial charge in [0, 0.05) is 11.3 Å². The molecule has 0 radical (unpaired) electrons. The van der Waals surface area contributed by atoms with Crippen LogP contribution in [0.5, 0.6) is 5.75 Å². The molecule has 0 bridgehead atoms. The van der Waals surface area contributed by atoms with Crippen LogP contribution in [0.15, 0.2) is 42.6 Å². The van der Waals surface area contributed by atoms with Gasteiger partial charge in [-0.2, -0.15) is 31.0 Å². The van der Waals surface area contributed by atoms with E-state index in [9.17, 15) is 4.79 Å². The fourth-order valence-corrected chi connectivity index (χ4v) is 3.34. The number of H-pyrrole nitrogens is 1. The number of aromatic amines is 1. The number of benzene rings is 2. The minimum atomic E-state index is -0.886. The number of hydrogen-bond donors (Lipinski definition) is 2. The number of aromatic nitrogens is 1. The van der Waals surface area contributed by atoms with Crippen LogP contribution >= 0.6 is 0 Å². The first-order chi connectivity index (χ1) is 14.2. The molecule has 1 aliphatic carbocycles. The van der Waals surface area contributed by atoms with Crippen LogP contribution in [0.3, 0.4) is 0 Å². The van der Waals surface area contributed by atoms with Gasteiger partial charge in [-0.1, -0.05) is 30.4 Å². The van der Waals surface area contributed by atoms with Crippen molar-refractivity contribution in [2.24, 2.45) is 0 Å². The van der Waals surface area contributed by atoms with Crippen molar-refractivity contribution in [2.75, 3.05) is 20.7 Å². The van der Waals surface area contributed by atoms with Gasteiger partial charge in [-0.05, 0) is 37.8 Å². The van der Waals surface area contributed by atoms with Crippen molar-refractivity contribution in [1.82, 2.24) is 9.88 Å². The number of carboxylic acids is 1. The topological polar surface area (TPSA) is 65.6 Å². The van der Waals surface area contributed by atoms with Gasteiger partial charge in [-0.15, -0.1) is 23.2 Å². The Balaban J connectivity index is 0.000000220. The predicted molar refractivity (Wildman–Crippen MR) is 121 cm³/mol. The standard InChI is InChI=1S/C14H17NO2.C11H12NO.Li/c1-14(8-9-14)15(2)10-7-11-3-5-12(6-4-11)13(16)17;1-7-6-10(13-3)8(2)9-4-5-12-11(7)9;/h3-7H,1,8-10H2,2H3,(H,16,17);4-6,12H,2H2,1,3H3;/q-2;-1;+1. The molecule has 1 fully saturated rings. The molecule has 1 saturated carbocycles. The number of likely N-dealkylation sites (N-methyl/N-ethyl adjacent to an activating group) is 1. The minimum Gasteiger partial charge on any atom is -0.554 e. The van der Waals surface area contributed by atoms with Gasteiger partial charge in [0.05, 0.1) is 7.11 Å². The van der Waals surface area contributed by atoms with Crippen LogP contribution in [0.4, 0.5) is 0 Å². The molecule has 0 spiro atoms. The maximum absolute atomic E-state index is 10.7. The molecule has 0 aliphatic heterocycles. The van der Waals surface area contributed by atoms with Crippen molar-refractivity contribution in [3.05, 3.63) is 85.1 Å². The molecule has 4 rings (SSSR count). The quantitative estimate of drug-likeness (QED) is 0.480. The Kier molecular flexibility index (Phi) is 8.19. The second-order valence-corrected chi connectivity index (χ2v) is 7.88. The number of methoxy groups -OCH3 is 1. The van der Waals surface area contributed by atoms with Crippen molar-refractivity contribution in [1.29, 1.82) is 0 Å². The van der Waals surface area contributed by atoms with E-state index in [-0.39, 0.29) is 24.4 Å². The average molecular weight is 412 g/mol. The van der Waals surface area contributed by atoms with Crippen LogP contribution in [0.25, 0.3) is 10.9 Å². The third-order valence-electron chi connectivity index (χ3n) is 5.73. The number of ether oxygens (including phenoxy) is 1. The molecule has 2 N–H and O–H groups in total. The molecule has 6 heteroatoms. The first-order valence-electron chi connectivity index (χ1n) is 9.95. The zero-order chi connectivity index (χ0) is 21.9. The Morgan fingerprint density at radius 1 is 1.29 bits per heavy atom. The Bertz CT molecular complexity index is 1020. The first-order valence-corrected chi connectivity index (χ1v) is 9.95. The molecule has 5 nitrogen and oxygen atoms in total. The molecule has 31 heavy (non-hydrogen) atoms. The maximum Gasteiger partial charge on any atom is 1.00 e. The average Bonchev–Trinajstić information content (AvgIpc) is 3.29. The van der Waals surface area contributed by atoms with E-state index >= 15 is 0 Å². The van der Waals surface area contributed by atoms with E-state index in [0.717, 1.165) is 47.2 Å². The Labute approximate surface area is 197 Å². The Morgan fingerprint density at radius 2 is 1.94 bits per heavy atom. The summed E-state index contributed by atoms with van der Waals surface area (Å²) in [4.78, 5) is 16.1. The minimum absolute atomic E-state index is 0. The third kappa shape index (κ3) is 5.83. The van der Waals surface area contributed by atoms with Gasteiger partial charge in [0.25, 0.3) is 0 Å². The number of carbonyl (C=O) groups is 1. The molecular formula is C25H29LiN2O3-2. The Morgan fingerprint density at radius 3 is 2.48 bits per heavy atom. The van der Waals surface area contributed by atoms with Crippen LogP contribution in [-0.2, 0) is 0 Å². The summed E-state index contributed by atoms with van der Waals surface area (Å²) in [6.45, 7) is 11.0. The van der Waals surface area contributed by atoms with Gasteiger partial charge in [0.1, 0.15) is 0 Å². The summed E-state index contributed by atoms with van der Waals surface area (Å²) in [6.07, 6.45) is 6.34. The molecule has 1 aliphatic rings. The summed E-state index contributed by atoms with van der Waals surface area (Å²) in [5.74, 6) is -0.0343. The van der Waals surface area contributed by atoms with E-state index in [4.69, 9.17) is 9.84 Å². The molecule has 0 unspecified atom stereocenters. The second kappa shape index (κ2) is 10.2. The number of hydrogen-bond acceptors (Lipinski definition) is 3. The number of aromatic carboxylic acids is 1. The largest absolute Gasteiger partial charge is 1.00 e. The van der Waals surface area contributed by atoms with Gasteiger partial charge in [-0.25, -0.2) is 4.79 Å². The number of nitrogens with one attached hydrogen (secondary N) is 1. The molecule has 0 atom stereocenters. The third-order valence-corrected chi connectivity index (χ3v) is 5.73. The Hall–Kier alpha value is -2.45. The second-order valence-electron chi connectivity index (χ2n) is 7.88. The van der Waals surface area contributed by atoms with Crippen LogP contribution in [0.1, 0.15) is 39.9 Å². The van der Waals surface area contributed by atoms with Crippen molar-refractivity contribution in [3.8, 4) is 5.75 Å². The van der Waals surface area contributed by atoms with E-state index in [1.807, 2.05) is 30.5 Å². The monoisotopic (exact) mass is 412 g/mol. The van der Waals surface area contributed by atoms with Crippen molar-refractivity contribution < 1.29 is 33.5 Å². The van der Waals surface area contributed by atoms with Gasteiger partial charge < -0.3 is 26.7 Å². The predicted octanol–water partition coefficient (Wildman–Crippen LogP) is 1.91. The van der Waals surface area contributed by atoms with Gasteiger partial charge in [0.15, 0.2) is 0 Å². The van der Waals surface area contributed by atoms with Gasteiger partial charge >= 0.3 is 24.8 Å². The number of rotatable bonds is 6. The molecule has 1 heterocycles. The fourth-order valence-electron chi connectivity index (χ4n) is 3.34. The van der Waals surface area contributed by atoms with Crippen LogP contribution < -0.4 is 23.6 Å². The van der Waals surface area contributed by atoms with E-state index in [1.54, 1.807) is 19.2 Å². The molecule has 0 saturated heterocycles. The molecule has 1 aromatic heterocycles. The maximum atomic E-state index is 10.7. The van der Waals surface area contributed by atoms with E-state index in [1.165, 1.54) is 5.56 Å². The van der Waals surface area contributed by atoms with Crippen LogP contribution in [0, 0.1) is 27.2 Å². The SMILES string of the molecule is [CH2-]C1(N(C)C[CH-]c2ccc(C(=O)O)cc2)CC1.[CH2-]c1c(OC)cc(C)c2[nH]ccc12.[Li+]. The summed E-state index contributed by atoms with van der Waals surface area (Å²) in [6, 6.07) is 10.9. The normalized spacial score (nSPS) is 13.7. The molecule has 160 valence electrons. The van der Waals surface area contributed by atoms with Crippen molar-refractivity contribution in [3.63, 3.8) is 0 Å². The smallest absolute Gasteiger partial charge is 0.554 e. The zero-order valence-electron chi connectivity index (χ0n) is 18.9. The van der Waals surface area contributed by atoms with E-state index in [0.29, 0.717) is 5.56 Å². The fraction of sp³-hybridized carbons (Fsp3) is 0.280. The molecule has 0 amide bonds. The van der Waals surface area contributed by atoms with E-state index < -0.39 is 5.97 Å². The number of nitrogens with zero attached hydrogens (tertiary/aromatic N) is 1. The van der Waals surface area contributed by atoms with Crippen LogP contribution in [0.2, 0.25) is 0 Å². The summed E-state index contributed by atoms with van der Waals surface area (Å²) in [5, 5.41) is 9.92. The van der Waals surface area contributed by atoms with Crippen molar-refractivity contribution in [2.45, 2.75) is 25.3 Å².